The Bertz CT molecular complexity index is 750. The molecule has 0 aliphatic heterocycles. The Balaban J connectivity index is 2.05. The number of nitrogens with one attached hydrogen (secondary N) is 2. The van der Waals surface area contributed by atoms with E-state index in [0.717, 1.165) is 12.1 Å². The predicted octanol–water partition coefficient (Wildman–Crippen LogP) is 3.62. The van der Waals surface area contributed by atoms with Gasteiger partial charge in [-0.05, 0) is 18.2 Å². The van der Waals surface area contributed by atoms with Gasteiger partial charge in [0, 0.05) is 18.2 Å². The molecule has 0 saturated carbocycles. The Kier molecular flexibility index (Phi) is 5.58. The third kappa shape index (κ3) is 5.48. The van der Waals surface area contributed by atoms with Crippen LogP contribution in [0.25, 0.3) is 0 Å². The number of anilines is 1. The SMILES string of the molecule is COc1ccc(OC(F)(F)F)cc1NC(=O)NCc1ccccc1O. The van der Waals surface area contributed by atoms with Crippen molar-refractivity contribution in [2.75, 3.05) is 12.4 Å². The van der Waals surface area contributed by atoms with E-state index in [0.29, 0.717) is 5.56 Å². The van der Waals surface area contributed by atoms with Gasteiger partial charge in [-0.15, -0.1) is 13.2 Å². The zero-order valence-corrected chi connectivity index (χ0v) is 13.1. The number of alkyl halides is 3. The van der Waals surface area contributed by atoms with Gasteiger partial charge in [0.1, 0.15) is 17.2 Å². The molecule has 134 valence electrons. The molecule has 0 unspecified atom stereocenters. The van der Waals surface area contributed by atoms with Gasteiger partial charge in [-0.3, -0.25) is 0 Å². The quantitative estimate of drug-likeness (QED) is 0.764. The van der Waals surface area contributed by atoms with Crippen LogP contribution in [0.3, 0.4) is 0 Å². The number of carbonyl (C=O) groups excluding carboxylic acids is 1. The van der Waals surface area contributed by atoms with E-state index in [9.17, 15) is 23.1 Å². The number of amides is 2. The van der Waals surface area contributed by atoms with Crippen LogP contribution in [0, 0.1) is 0 Å². The highest BCUT2D eigenvalue weighted by Gasteiger charge is 2.31. The van der Waals surface area contributed by atoms with Crippen molar-refractivity contribution in [2.45, 2.75) is 12.9 Å². The van der Waals surface area contributed by atoms with Crippen LogP contribution in [0.2, 0.25) is 0 Å². The molecule has 9 heteroatoms. The molecule has 2 rings (SSSR count). The lowest BCUT2D eigenvalue weighted by Gasteiger charge is -2.14. The summed E-state index contributed by atoms with van der Waals surface area (Å²) in [4.78, 5) is 11.9. The molecule has 0 saturated heterocycles. The van der Waals surface area contributed by atoms with Crippen molar-refractivity contribution in [3.63, 3.8) is 0 Å². The van der Waals surface area contributed by atoms with Crippen LogP contribution < -0.4 is 20.1 Å². The summed E-state index contributed by atoms with van der Waals surface area (Å²) in [7, 11) is 1.31. The average molecular weight is 356 g/mol. The van der Waals surface area contributed by atoms with Crippen molar-refractivity contribution in [1.82, 2.24) is 5.32 Å². The van der Waals surface area contributed by atoms with Gasteiger partial charge < -0.3 is 25.2 Å². The standard InChI is InChI=1S/C16H15F3N2O4/c1-24-14-7-6-11(25-16(17,18)19)8-12(14)21-15(23)20-9-10-4-2-3-5-13(10)22/h2-8,22H,9H2,1H3,(H2,20,21,23). The third-order valence-electron chi connectivity index (χ3n) is 3.08. The van der Waals surface area contributed by atoms with Gasteiger partial charge in [0.15, 0.2) is 0 Å². The van der Waals surface area contributed by atoms with Crippen molar-refractivity contribution in [3.8, 4) is 17.2 Å². The molecule has 0 heterocycles. The number of phenolic OH excluding ortho intramolecular Hbond substituents is 1. The first-order valence-electron chi connectivity index (χ1n) is 7.04. The van der Waals surface area contributed by atoms with Crippen LogP contribution in [0.5, 0.6) is 17.2 Å². The summed E-state index contributed by atoms with van der Waals surface area (Å²) >= 11 is 0. The van der Waals surface area contributed by atoms with E-state index < -0.39 is 18.1 Å². The number of carbonyl (C=O) groups is 1. The highest BCUT2D eigenvalue weighted by atomic mass is 19.4. The second-order valence-corrected chi connectivity index (χ2v) is 4.85. The van der Waals surface area contributed by atoms with Gasteiger partial charge in [0.05, 0.1) is 12.8 Å². The normalized spacial score (nSPS) is 10.9. The highest BCUT2D eigenvalue weighted by molar-refractivity contribution is 5.91. The largest absolute Gasteiger partial charge is 0.573 e. The number of hydrogen-bond acceptors (Lipinski definition) is 4. The number of halogens is 3. The average Bonchev–Trinajstić information content (AvgIpc) is 2.53. The maximum atomic E-state index is 12.3. The monoisotopic (exact) mass is 356 g/mol. The zero-order chi connectivity index (χ0) is 18.4. The maximum absolute atomic E-state index is 12.3. The second kappa shape index (κ2) is 7.65. The van der Waals surface area contributed by atoms with E-state index in [-0.39, 0.29) is 23.7 Å². The molecule has 0 fully saturated rings. The highest BCUT2D eigenvalue weighted by Crippen LogP contribution is 2.31. The van der Waals surface area contributed by atoms with Gasteiger partial charge in [0.2, 0.25) is 0 Å². The molecular weight excluding hydrogens is 341 g/mol. The summed E-state index contributed by atoms with van der Waals surface area (Å²) in [5.41, 5.74) is 0.484. The minimum Gasteiger partial charge on any atom is -0.508 e. The number of hydrogen-bond donors (Lipinski definition) is 3. The van der Waals surface area contributed by atoms with E-state index in [4.69, 9.17) is 4.74 Å². The van der Waals surface area contributed by atoms with Crippen molar-refractivity contribution in [3.05, 3.63) is 48.0 Å². The Morgan fingerprint density at radius 2 is 1.92 bits per heavy atom. The summed E-state index contributed by atoms with van der Waals surface area (Å²) in [5.74, 6) is -0.322. The number of phenols is 1. The summed E-state index contributed by atoms with van der Waals surface area (Å²) in [6, 6.07) is 9.02. The molecule has 0 atom stereocenters. The topological polar surface area (TPSA) is 79.8 Å². The predicted molar refractivity (Wildman–Crippen MR) is 83.6 cm³/mol. The molecule has 0 bridgehead atoms. The van der Waals surface area contributed by atoms with Crippen molar-refractivity contribution in [1.29, 1.82) is 0 Å². The molecule has 2 aromatic rings. The summed E-state index contributed by atoms with van der Waals surface area (Å²) < 4.78 is 45.7. The molecule has 0 radical (unpaired) electrons. The summed E-state index contributed by atoms with van der Waals surface area (Å²) in [5, 5.41) is 14.5. The van der Waals surface area contributed by atoms with Crippen molar-refractivity contribution in [2.24, 2.45) is 0 Å². The minimum atomic E-state index is -4.85. The summed E-state index contributed by atoms with van der Waals surface area (Å²) in [6.45, 7) is 0.0273. The van der Waals surface area contributed by atoms with Gasteiger partial charge >= 0.3 is 12.4 Å². The number of urea groups is 1. The number of methoxy groups -OCH3 is 1. The van der Waals surface area contributed by atoms with E-state index in [1.807, 2.05) is 0 Å². The van der Waals surface area contributed by atoms with Gasteiger partial charge in [-0.2, -0.15) is 0 Å². The van der Waals surface area contributed by atoms with E-state index in [2.05, 4.69) is 15.4 Å². The number of rotatable bonds is 5. The molecule has 2 amide bonds. The molecule has 0 spiro atoms. The fourth-order valence-corrected chi connectivity index (χ4v) is 1.98. The molecule has 0 aliphatic rings. The minimum absolute atomic E-state index is 0.000895. The first kappa shape index (κ1) is 18.2. The van der Waals surface area contributed by atoms with Crippen molar-refractivity contribution < 1.29 is 32.5 Å². The van der Waals surface area contributed by atoms with Gasteiger partial charge in [0.25, 0.3) is 0 Å². The van der Waals surface area contributed by atoms with Crippen LogP contribution in [-0.2, 0) is 6.54 Å². The Labute approximate surface area is 141 Å². The van der Waals surface area contributed by atoms with Gasteiger partial charge in [-0.1, -0.05) is 18.2 Å². The number of benzene rings is 2. The Morgan fingerprint density at radius 3 is 2.56 bits per heavy atom. The fraction of sp³-hybridized carbons (Fsp3) is 0.188. The van der Waals surface area contributed by atoms with Crippen LogP contribution >= 0.6 is 0 Å². The van der Waals surface area contributed by atoms with E-state index in [1.54, 1.807) is 18.2 Å². The first-order chi connectivity index (χ1) is 11.8. The van der Waals surface area contributed by atoms with Crippen LogP contribution in [0.1, 0.15) is 5.56 Å². The molecule has 6 nitrogen and oxygen atoms in total. The van der Waals surface area contributed by atoms with E-state index >= 15 is 0 Å². The van der Waals surface area contributed by atoms with Crippen LogP contribution in [0.4, 0.5) is 23.7 Å². The lowest BCUT2D eigenvalue weighted by molar-refractivity contribution is -0.274. The smallest absolute Gasteiger partial charge is 0.508 e. The van der Waals surface area contributed by atoms with Crippen LogP contribution in [-0.4, -0.2) is 24.6 Å². The Hall–Kier alpha value is -3.10. The molecular formula is C16H15F3N2O4. The summed E-state index contributed by atoms with van der Waals surface area (Å²) in [6.07, 6.45) is -4.85. The number of aromatic hydroxyl groups is 1. The number of para-hydroxylation sites is 1. The molecule has 0 aliphatic carbocycles. The third-order valence-corrected chi connectivity index (χ3v) is 3.08. The Morgan fingerprint density at radius 1 is 1.20 bits per heavy atom. The second-order valence-electron chi connectivity index (χ2n) is 4.85. The van der Waals surface area contributed by atoms with Crippen molar-refractivity contribution >= 4 is 11.7 Å². The molecule has 25 heavy (non-hydrogen) atoms. The molecule has 3 N–H and O–H groups in total. The number of ether oxygens (including phenoxy) is 2. The first-order valence-corrected chi connectivity index (χ1v) is 7.04. The zero-order valence-electron chi connectivity index (χ0n) is 13.1. The molecule has 2 aromatic carbocycles. The van der Waals surface area contributed by atoms with Gasteiger partial charge in [-0.25, -0.2) is 4.79 Å². The van der Waals surface area contributed by atoms with E-state index in [1.165, 1.54) is 19.2 Å². The lowest BCUT2D eigenvalue weighted by atomic mass is 10.2. The lowest BCUT2D eigenvalue weighted by Crippen LogP contribution is -2.28. The molecule has 0 aromatic heterocycles. The van der Waals surface area contributed by atoms with Crippen LogP contribution in [0.15, 0.2) is 42.5 Å². The maximum Gasteiger partial charge on any atom is 0.573 e. The fourth-order valence-electron chi connectivity index (χ4n) is 1.98.